The number of rotatable bonds is 7. The van der Waals surface area contributed by atoms with E-state index in [0.717, 1.165) is 18.4 Å². The molecule has 3 N–H and O–H groups in total. The maximum atomic E-state index is 12.0. The Labute approximate surface area is 116 Å². The summed E-state index contributed by atoms with van der Waals surface area (Å²) in [6, 6.07) is 6.10. The van der Waals surface area contributed by atoms with Crippen molar-refractivity contribution < 1.29 is 18.3 Å². The van der Waals surface area contributed by atoms with E-state index < -0.39 is 6.61 Å². The monoisotopic (exact) mass is 284 g/mol. The molecule has 1 aromatic carbocycles. The molecule has 1 atom stereocenters. The second-order valence-electron chi connectivity index (χ2n) is 4.95. The van der Waals surface area contributed by atoms with Crippen LogP contribution in [0.4, 0.5) is 8.78 Å². The van der Waals surface area contributed by atoms with E-state index in [-0.39, 0.29) is 24.1 Å². The minimum absolute atomic E-state index is 0.0453. The number of hydrogen-bond donors (Lipinski definition) is 2. The summed E-state index contributed by atoms with van der Waals surface area (Å²) in [6.07, 6.45) is 2.43. The van der Waals surface area contributed by atoms with Crippen LogP contribution in [0.5, 0.6) is 5.75 Å². The fraction of sp³-hybridized carbons (Fsp3) is 0.500. The first kappa shape index (κ1) is 14.7. The lowest BCUT2D eigenvalue weighted by Gasteiger charge is -2.16. The van der Waals surface area contributed by atoms with Gasteiger partial charge in [-0.3, -0.25) is 4.79 Å². The van der Waals surface area contributed by atoms with Crippen LogP contribution in [0.3, 0.4) is 0 Å². The van der Waals surface area contributed by atoms with Gasteiger partial charge in [-0.25, -0.2) is 0 Å². The van der Waals surface area contributed by atoms with E-state index in [1.54, 1.807) is 12.1 Å². The maximum absolute atomic E-state index is 12.0. The molecule has 1 aliphatic rings. The molecule has 110 valence electrons. The first-order valence-corrected chi connectivity index (χ1v) is 6.61. The van der Waals surface area contributed by atoms with Crippen LogP contribution in [0.2, 0.25) is 0 Å². The number of benzene rings is 1. The lowest BCUT2D eigenvalue weighted by molar-refractivity contribution is -0.121. The van der Waals surface area contributed by atoms with E-state index in [1.807, 2.05) is 0 Å². The zero-order chi connectivity index (χ0) is 14.5. The molecule has 1 amide bonds. The van der Waals surface area contributed by atoms with Gasteiger partial charge in [-0.15, -0.1) is 0 Å². The number of ether oxygens (including phenoxy) is 1. The molecular formula is C14H18F2N2O2. The van der Waals surface area contributed by atoms with Gasteiger partial charge < -0.3 is 15.8 Å². The van der Waals surface area contributed by atoms with E-state index in [9.17, 15) is 13.6 Å². The van der Waals surface area contributed by atoms with Crippen molar-refractivity contribution in [1.29, 1.82) is 0 Å². The lowest BCUT2D eigenvalue weighted by atomic mass is 10.1. The van der Waals surface area contributed by atoms with Crippen LogP contribution in [0, 0.1) is 5.92 Å². The van der Waals surface area contributed by atoms with Gasteiger partial charge >= 0.3 is 6.61 Å². The summed E-state index contributed by atoms with van der Waals surface area (Å²) in [7, 11) is 0. The highest BCUT2D eigenvalue weighted by molar-refractivity contribution is 5.79. The Morgan fingerprint density at radius 2 is 2.00 bits per heavy atom. The van der Waals surface area contributed by atoms with E-state index in [0.29, 0.717) is 12.5 Å². The molecule has 0 aliphatic heterocycles. The van der Waals surface area contributed by atoms with Gasteiger partial charge in [0.1, 0.15) is 5.75 Å². The largest absolute Gasteiger partial charge is 0.435 e. The smallest absolute Gasteiger partial charge is 0.387 e. The van der Waals surface area contributed by atoms with Crippen molar-refractivity contribution in [3.63, 3.8) is 0 Å². The third-order valence-electron chi connectivity index (χ3n) is 3.30. The normalized spacial score (nSPS) is 16.0. The summed E-state index contributed by atoms with van der Waals surface area (Å²) in [5, 5.41) is 2.91. The Morgan fingerprint density at radius 1 is 1.35 bits per heavy atom. The number of halogens is 2. The maximum Gasteiger partial charge on any atom is 0.387 e. The van der Waals surface area contributed by atoms with Crippen LogP contribution < -0.4 is 15.8 Å². The molecule has 0 bridgehead atoms. The Kier molecular flexibility index (Phi) is 4.89. The van der Waals surface area contributed by atoms with Gasteiger partial charge in [-0.05, 0) is 36.5 Å². The summed E-state index contributed by atoms with van der Waals surface area (Å²) in [5.74, 6) is 0.489. The highest BCUT2D eigenvalue weighted by atomic mass is 19.3. The third-order valence-corrected chi connectivity index (χ3v) is 3.30. The van der Waals surface area contributed by atoms with Gasteiger partial charge in [0.15, 0.2) is 0 Å². The average Bonchev–Trinajstić information content (AvgIpc) is 3.22. The minimum Gasteiger partial charge on any atom is -0.435 e. The highest BCUT2D eigenvalue weighted by Gasteiger charge is 2.31. The summed E-state index contributed by atoms with van der Waals surface area (Å²) in [4.78, 5) is 11.9. The van der Waals surface area contributed by atoms with Crippen molar-refractivity contribution in [2.45, 2.75) is 31.9 Å². The van der Waals surface area contributed by atoms with Crippen molar-refractivity contribution in [1.82, 2.24) is 5.32 Å². The Balaban J connectivity index is 1.84. The molecule has 2 rings (SSSR count). The van der Waals surface area contributed by atoms with Crippen molar-refractivity contribution in [3.8, 4) is 5.75 Å². The van der Waals surface area contributed by atoms with E-state index in [1.165, 1.54) is 12.1 Å². The van der Waals surface area contributed by atoms with Crippen LogP contribution in [0.15, 0.2) is 24.3 Å². The van der Waals surface area contributed by atoms with Crippen molar-refractivity contribution in [2.75, 3.05) is 6.54 Å². The van der Waals surface area contributed by atoms with Gasteiger partial charge in [0.05, 0.1) is 6.42 Å². The summed E-state index contributed by atoms with van der Waals surface area (Å²) >= 11 is 0. The summed E-state index contributed by atoms with van der Waals surface area (Å²) in [6.45, 7) is -2.40. The molecule has 1 fully saturated rings. The van der Waals surface area contributed by atoms with Gasteiger partial charge in [0.2, 0.25) is 5.91 Å². The molecule has 0 radical (unpaired) electrons. The first-order chi connectivity index (χ1) is 9.58. The van der Waals surface area contributed by atoms with E-state index in [2.05, 4.69) is 10.1 Å². The number of carbonyl (C=O) groups is 1. The topological polar surface area (TPSA) is 64.3 Å². The van der Waals surface area contributed by atoms with Crippen molar-refractivity contribution >= 4 is 5.91 Å². The molecule has 6 heteroatoms. The zero-order valence-electron chi connectivity index (χ0n) is 11.0. The van der Waals surface area contributed by atoms with Gasteiger partial charge in [-0.2, -0.15) is 8.78 Å². The molecule has 1 aliphatic carbocycles. The van der Waals surface area contributed by atoms with E-state index in [4.69, 9.17) is 5.73 Å². The number of nitrogens with one attached hydrogen (secondary N) is 1. The van der Waals surface area contributed by atoms with Gasteiger partial charge in [0.25, 0.3) is 0 Å². The van der Waals surface area contributed by atoms with E-state index >= 15 is 0 Å². The quantitative estimate of drug-likeness (QED) is 0.800. The van der Waals surface area contributed by atoms with Gasteiger partial charge in [0, 0.05) is 12.6 Å². The van der Waals surface area contributed by atoms with Gasteiger partial charge in [-0.1, -0.05) is 12.1 Å². The zero-order valence-corrected chi connectivity index (χ0v) is 11.0. The molecular weight excluding hydrogens is 266 g/mol. The number of nitrogens with two attached hydrogens (primary N) is 1. The molecule has 1 saturated carbocycles. The lowest BCUT2D eigenvalue weighted by Crippen LogP contribution is -2.42. The predicted molar refractivity (Wildman–Crippen MR) is 70.5 cm³/mol. The van der Waals surface area contributed by atoms with Crippen LogP contribution in [0.25, 0.3) is 0 Å². The summed E-state index contributed by atoms with van der Waals surface area (Å²) in [5.41, 5.74) is 6.37. The molecule has 1 unspecified atom stereocenters. The standard InChI is InChI=1S/C14H18F2N2O2/c15-14(16)20-11-5-1-9(2-6-11)7-13(19)18-12(8-17)10-3-4-10/h1-2,5-6,10,12,14H,3-4,7-8,17H2,(H,18,19). The first-order valence-electron chi connectivity index (χ1n) is 6.61. The third kappa shape index (κ3) is 4.45. The van der Waals surface area contributed by atoms with Crippen molar-refractivity contribution in [2.24, 2.45) is 11.7 Å². The van der Waals surface area contributed by atoms with Crippen LogP contribution in [-0.4, -0.2) is 25.1 Å². The molecule has 0 saturated heterocycles. The number of carbonyl (C=O) groups excluding carboxylic acids is 1. The SMILES string of the molecule is NCC(NC(=O)Cc1ccc(OC(F)F)cc1)C1CC1. The minimum atomic E-state index is -2.84. The molecule has 0 heterocycles. The fourth-order valence-electron chi connectivity index (χ4n) is 2.10. The molecule has 1 aromatic rings. The Hall–Kier alpha value is -1.69. The van der Waals surface area contributed by atoms with Crippen LogP contribution in [-0.2, 0) is 11.2 Å². The number of amides is 1. The Bertz CT molecular complexity index is 447. The van der Waals surface area contributed by atoms with Crippen LogP contribution in [0.1, 0.15) is 18.4 Å². The molecule has 0 aromatic heterocycles. The molecule has 4 nitrogen and oxygen atoms in total. The second kappa shape index (κ2) is 6.65. The number of hydrogen-bond acceptors (Lipinski definition) is 3. The summed E-state index contributed by atoms with van der Waals surface area (Å²) < 4.78 is 28.2. The highest BCUT2D eigenvalue weighted by Crippen LogP contribution is 2.32. The average molecular weight is 284 g/mol. The Morgan fingerprint density at radius 3 is 2.50 bits per heavy atom. The number of alkyl halides is 2. The predicted octanol–water partition coefficient (Wildman–Crippen LogP) is 1.68. The second-order valence-corrected chi connectivity index (χ2v) is 4.95. The molecule has 0 spiro atoms. The van der Waals surface area contributed by atoms with Crippen molar-refractivity contribution in [3.05, 3.63) is 29.8 Å². The fourth-order valence-corrected chi connectivity index (χ4v) is 2.10. The molecule has 20 heavy (non-hydrogen) atoms. The van der Waals surface area contributed by atoms with Crippen LogP contribution >= 0.6 is 0 Å².